The zero-order valence-corrected chi connectivity index (χ0v) is 21.7. The topological polar surface area (TPSA) is 203 Å². The molecule has 0 fully saturated rings. The first-order valence-corrected chi connectivity index (χ1v) is 12.1. The van der Waals surface area contributed by atoms with Crippen molar-refractivity contribution in [1.82, 2.24) is 25.6 Å². The number of fused-ring (bicyclic) bond motifs is 1. The number of anilines is 1. The molecule has 0 unspecified atom stereocenters. The molecule has 2 heterocycles. The second-order valence-corrected chi connectivity index (χ2v) is 9.93. The maximum atomic E-state index is 12.5. The van der Waals surface area contributed by atoms with E-state index in [9.17, 15) is 29.1 Å². The summed E-state index contributed by atoms with van der Waals surface area (Å²) in [6.07, 6.45) is 0.975. The van der Waals surface area contributed by atoms with Gasteiger partial charge in [-0.15, -0.1) is 0 Å². The lowest BCUT2D eigenvalue weighted by Gasteiger charge is -2.16. The number of benzene rings is 1. The van der Waals surface area contributed by atoms with Gasteiger partial charge in [-0.25, -0.2) is 9.78 Å². The molecule has 3 aromatic rings. The fourth-order valence-electron chi connectivity index (χ4n) is 3.41. The summed E-state index contributed by atoms with van der Waals surface area (Å²) in [6.45, 7) is 6.05. The molecular weight excluding hydrogens is 508 g/mol. The largest absolute Gasteiger partial charge is 0.481 e. The van der Waals surface area contributed by atoms with Gasteiger partial charge in [0.2, 0.25) is 11.9 Å². The van der Waals surface area contributed by atoms with Crippen LogP contribution < -0.4 is 21.5 Å². The number of carbonyl (C=O) groups is 4. The molecule has 0 aliphatic carbocycles. The lowest BCUT2D eigenvalue weighted by Crippen LogP contribution is -2.41. The minimum absolute atomic E-state index is 0.0293. The molecule has 0 radical (unpaired) electrons. The van der Waals surface area contributed by atoms with Crippen LogP contribution in [0.4, 0.5) is 5.95 Å². The number of hydrogen-bond acceptors (Lipinski definition) is 8. The van der Waals surface area contributed by atoms with Gasteiger partial charge in [0.05, 0.1) is 5.39 Å². The number of H-pyrrole nitrogens is 1. The third-order valence-corrected chi connectivity index (χ3v) is 5.66. The summed E-state index contributed by atoms with van der Waals surface area (Å²) in [5.41, 5.74) is 0.937. The molecule has 0 saturated carbocycles. The second-order valence-electron chi connectivity index (χ2n) is 9.93. The van der Waals surface area contributed by atoms with Crippen LogP contribution in [0.3, 0.4) is 0 Å². The van der Waals surface area contributed by atoms with Crippen molar-refractivity contribution in [2.24, 2.45) is 5.41 Å². The van der Waals surface area contributed by atoms with Crippen LogP contribution in [0.15, 0.2) is 41.3 Å². The van der Waals surface area contributed by atoms with E-state index in [1.165, 1.54) is 0 Å². The van der Waals surface area contributed by atoms with Gasteiger partial charge in [0.1, 0.15) is 6.04 Å². The zero-order chi connectivity index (χ0) is 28.7. The van der Waals surface area contributed by atoms with Crippen LogP contribution in [-0.2, 0) is 27.5 Å². The van der Waals surface area contributed by atoms with Crippen LogP contribution >= 0.6 is 0 Å². The van der Waals surface area contributed by atoms with Crippen molar-refractivity contribution in [3.05, 3.63) is 63.6 Å². The lowest BCUT2D eigenvalue weighted by molar-refractivity contribution is -0.140. The van der Waals surface area contributed by atoms with Crippen molar-refractivity contribution >= 4 is 40.7 Å². The van der Waals surface area contributed by atoms with Gasteiger partial charge in [0.25, 0.3) is 11.5 Å². The van der Waals surface area contributed by atoms with Crippen LogP contribution in [0.5, 0.6) is 0 Å². The molecule has 0 saturated heterocycles. The quantitative estimate of drug-likeness (QED) is 0.208. The number of carbonyl (C=O) groups excluding carboxylic acids is 2. The number of hydrogen-bond donors (Lipinski definition) is 6. The summed E-state index contributed by atoms with van der Waals surface area (Å²) in [4.78, 5) is 70.1. The summed E-state index contributed by atoms with van der Waals surface area (Å²) < 4.78 is 0. The second kappa shape index (κ2) is 12.3. The molecule has 13 nitrogen and oxygen atoms in total. The van der Waals surface area contributed by atoms with E-state index in [0.717, 1.165) is 11.1 Å². The van der Waals surface area contributed by atoms with E-state index in [0.29, 0.717) is 13.1 Å². The molecule has 13 heteroatoms. The summed E-state index contributed by atoms with van der Waals surface area (Å²) in [7, 11) is 0. The number of nitrogens with zero attached hydrogens (tertiary/aromatic N) is 2. The van der Waals surface area contributed by atoms with Crippen molar-refractivity contribution < 1.29 is 29.4 Å². The Morgan fingerprint density at radius 2 is 1.69 bits per heavy atom. The van der Waals surface area contributed by atoms with Gasteiger partial charge in [-0.1, -0.05) is 32.9 Å². The number of amides is 2. The van der Waals surface area contributed by atoms with E-state index in [4.69, 9.17) is 5.11 Å². The van der Waals surface area contributed by atoms with Gasteiger partial charge < -0.3 is 20.8 Å². The minimum atomic E-state index is -1.31. The monoisotopic (exact) mass is 538 g/mol. The normalized spacial score (nSPS) is 12.1. The average molecular weight is 539 g/mol. The Kier molecular flexibility index (Phi) is 9.09. The standard InChI is InChI=1S/C26H30N6O7/c1-26(2,3)24(39)32-25-30-20-17(22(36)31-25)10-15(13-28-20)12-27-11-14-4-6-16(7-5-14)21(35)29-18(23(37)38)8-9-19(33)34/h4-7,10,13,18,27H,8-9,11-12H2,1-3H3,(H,29,35)(H,33,34)(H,37,38)(H2,28,30,31,32,36,39)/t18-/m0/s1. The van der Waals surface area contributed by atoms with Crippen molar-refractivity contribution in [3.8, 4) is 0 Å². The Morgan fingerprint density at radius 3 is 2.31 bits per heavy atom. The van der Waals surface area contributed by atoms with Gasteiger partial charge in [-0.05, 0) is 35.7 Å². The summed E-state index contributed by atoms with van der Waals surface area (Å²) >= 11 is 0. The molecule has 39 heavy (non-hydrogen) atoms. The first-order valence-electron chi connectivity index (χ1n) is 12.1. The van der Waals surface area contributed by atoms with E-state index < -0.39 is 34.9 Å². The van der Waals surface area contributed by atoms with Gasteiger partial charge in [-0.2, -0.15) is 4.98 Å². The number of carboxylic acid groups (broad SMARTS) is 2. The number of nitrogens with one attached hydrogen (secondary N) is 4. The SMILES string of the molecule is CC(C)(C)C(=O)Nc1nc2ncc(CNCc3ccc(C(=O)N[C@@H](CCC(=O)O)C(=O)O)cc3)cc2c(=O)[nH]1. The first kappa shape index (κ1) is 28.9. The van der Waals surface area contributed by atoms with Crippen molar-refractivity contribution in [3.63, 3.8) is 0 Å². The highest BCUT2D eigenvalue weighted by molar-refractivity contribution is 5.96. The van der Waals surface area contributed by atoms with Crippen LogP contribution in [0.25, 0.3) is 11.0 Å². The number of aromatic nitrogens is 3. The minimum Gasteiger partial charge on any atom is -0.481 e. The van der Waals surface area contributed by atoms with Crippen LogP contribution in [-0.4, -0.2) is 55.0 Å². The molecule has 3 rings (SSSR count). The number of aliphatic carboxylic acids is 2. The van der Waals surface area contributed by atoms with Crippen molar-refractivity contribution in [2.75, 3.05) is 5.32 Å². The molecule has 206 valence electrons. The number of pyridine rings is 1. The molecule has 6 N–H and O–H groups in total. The van der Waals surface area contributed by atoms with Crippen molar-refractivity contribution in [1.29, 1.82) is 0 Å². The average Bonchev–Trinajstić information content (AvgIpc) is 2.86. The van der Waals surface area contributed by atoms with E-state index in [-0.39, 0.29) is 41.3 Å². The fraction of sp³-hybridized carbons (Fsp3) is 0.346. The Bertz CT molecular complexity index is 1440. The van der Waals surface area contributed by atoms with Crippen LogP contribution in [0, 0.1) is 5.41 Å². The molecule has 1 atom stereocenters. The molecule has 2 amide bonds. The summed E-state index contributed by atoms with van der Waals surface area (Å²) in [5, 5.41) is 26.4. The highest BCUT2D eigenvalue weighted by Gasteiger charge is 2.23. The third kappa shape index (κ3) is 8.17. The van der Waals surface area contributed by atoms with Gasteiger partial charge >= 0.3 is 11.9 Å². The fourth-order valence-corrected chi connectivity index (χ4v) is 3.41. The van der Waals surface area contributed by atoms with E-state index in [1.807, 2.05) is 0 Å². The molecule has 0 aliphatic rings. The maximum Gasteiger partial charge on any atom is 0.326 e. The van der Waals surface area contributed by atoms with E-state index in [2.05, 4.69) is 30.9 Å². The Hall–Kier alpha value is -4.65. The van der Waals surface area contributed by atoms with Gasteiger partial charge in [0, 0.05) is 36.7 Å². The van der Waals surface area contributed by atoms with Gasteiger partial charge in [-0.3, -0.25) is 29.5 Å². The third-order valence-electron chi connectivity index (χ3n) is 5.66. The van der Waals surface area contributed by atoms with Crippen molar-refractivity contribution in [2.45, 2.75) is 52.7 Å². The predicted molar refractivity (Wildman–Crippen MR) is 141 cm³/mol. The molecular formula is C26H30N6O7. The van der Waals surface area contributed by atoms with Crippen LogP contribution in [0.1, 0.15) is 55.1 Å². The lowest BCUT2D eigenvalue weighted by atomic mass is 9.96. The number of aromatic amines is 1. The Balaban J connectivity index is 1.57. The highest BCUT2D eigenvalue weighted by Crippen LogP contribution is 2.16. The summed E-state index contributed by atoms with van der Waals surface area (Å²) in [5.74, 6) is -3.33. The Labute approximate surface area is 223 Å². The first-order chi connectivity index (χ1) is 18.3. The van der Waals surface area contributed by atoms with E-state index in [1.54, 1.807) is 57.3 Å². The zero-order valence-electron chi connectivity index (χ0n) is 21.7. The number of rotatable bonds is 11. The maximum absolute atomic E-state index is 12.5. The molecule has 0 spiro atoms. The highest BCUT2D eigenvalue weighted by atomic mass is 16.4. The van der Waals surface area contributed by atoms with Crippen LogP contribution in [0.2, 0.25) is 0 Å². The smallest absolute Gasteiger partial charge is 0.326 e. The van der Waals surface area contributed by atoms with Gasteiger partial charge in [0.15, 0.2) is 5.65 Å². The van der Waals surface area contributed by atoms with E-state index >= 15 is 0 Å². The Morgan fingerprint density at radius 1 is 1.03 bits per heavy atom. The number of carboxylic acids is 2. The summed E-state index contributed by atoms with van der Waals surface area (Å²) in [6, 6.07) is 6.85. The molecule has 2 aromatic heterocycles. The predicted octanol–water partition coefficient (Wildman–Crippen LogP) is 1.64. The molecule has 0 bridgehead atoms. The molecule has 0 aliphatic heterocycles. The molecule has 1 aromatic carbocycles.